The lowest BCUT2D eigenvalue weighted by Gasteiger charge is -2.32. The summed E-state index contributed by atoms with van der Waals surface area (Å²) in [7, 11) is 4.33. The van der Waals surface area contributed by atoms with Gasteiger partial charge in [-0.1, -0.05) is 94.9 Å². The molecular formula is C53H57Cl4N15O. The van der Waals surface area contributed by atoms with Crippen LogP contribution in [0.4, 0.5) is 34.0 Å². The number of hydrogen-bond acceptors (Lipinski definition) is 14. The Morgan fingerprint density at radius 1 is 0.562 bits per heavy atom. The number of carbonyl (C=O) groups excluding carboxylic acids is 1. The number of rotatable bonds is 14. The molecule has 0 spiro atoms. The van der Waals surface area contributed by atoms with Gasteiger partial charge < -0.3 is 41.3 Å². The van der Waals surface area contributed by atoms with E-state index < -0.39 is 6.03 Å². The monoisotopic (exact) mass is 1060 g/mol. The van der Waals surface area contributed by atoms with Crippen LogP contribution in [0.2, 0.25) is 20.1 Å². The molecule has 0 atom stereocenters. The van der Waals surface area contributed by atoms with Crippen molar-refractivity contribution in [2.24, 2.45) is 0 Å². The molecule has 2 aliphatic heterocycles. The lowest BCUT2D eigenvalue weighted by atomic mass is 10.0. The molecule has 4 aromatic carbocycles. The molecule has 2 aliphatic rings. The maximum atomic E-state index is 13.3. The molecular weight excluding hydrogens is 1000 g/mol. The molecule has 8 aromatic rings. The number of aromatic nitrogens is 6. The van der Waals surface area contributed by atoms with Gasteiger partial charge in [0.2, 0.25) is 11.9 Å². The van der Waals surface area contributed by atoms with Crippen LogP contribution in [0.15, 0.2) is 103 Å². The van der Waals surface area contributed by atoms with E-state index in [0.717, 1.165) is 108 Å². The van der Waals surface area contributed by atoms with Crippen LogP contribution >= 0.6 is 46.4 Å². The van der Waals surface area contributed by atoms with E-state index in [1.165, 1.54) is 0 Å². The van der Waals surface area contributed by atoms with E-state index in [2.05, 4.69) is 79.9 Å². The number of carbonyl (C=O) groups is 1. The molecule has 2 saturated heterocycles. The highest BCUT2D eigenvalue weighted by molar-refractivity contribution is 6.40. The molecule has 0 unspecified atom stereocenters. The third-order valence-electron chi connectivity index (χ3n) is 13.0. The molecule has 20 heteroatoms. The molecule has 0 aliphatic carbocycles. The summed E-state index contributed by atoms with van der Waals surface area (Å²) in [5.74, 6) is 1.64. The standard InChI is InChI=1S/C32H32Cl2N8O.C21H25Cl2N7/c1-41-15-17-42(18-16-41)14-6-13-35-31-36-20-22-19-24(28-25(33)10-5-11-26(28)34)30(38-29(22)39-31)40-32(43)37-27-12-4-8-21-7-2-3-9-23(21)27;1-29-8-10-30(11-9-29)7-3-6-25-21-26-13-14-12-15(19(24)27-20(14)28-21)18-16(22)4-2-5-17(18)23/h2-5,7-12,19-20H,6,13-18H2,1H3,(H3,35,36,37,38,39,40,43);2,4-5,12-13H,3,6-11H2,1H3,(H3,24,25,26,27,28). The van der Waals surface area contributed by atoms with Gasteiger partial charge in [-0.25, -0.2) is 24.7 Å². The highest BCUT2D eigenvalue weighted by Crippen LogP contribution is 2.40. The number of pyridine rings is 2. The summed E-state index contributed by atoms with van der Waals surface area (Å²) in [4.78, 5) is 50.3. The van der Waals surface area contributed by atoms with E-state index >= 15 is 0 Å². The van der Waals surface area contributed by atoms with Crippen molar-refractivity contribution >= 4 is 114 Å². The van der Waals surface area contributed by atoms with Gasteiger partial charge in [-0.3, -0.25) is 5.32 Å². The van der Waals surface area contributed by atoms with Crippen LogP contribution in [0.3, 0.4) is 0 Å². The van der Waals surface area contributed by atoms with Crippen molar-refractivity contribution < 1.29 is 4.79 Å². The van der Waals surface area contributed by atoms with Crippen molar-refractivity contribution in [1.82, 2.24) is 49.5 Å². The number of hydrogen-bond donors (Lipinski definition) is 5. The molecule has 0 radical (unpaired) electrons. The predicted octanol–water partition coefficient (Wildman–Crippen LogP) is 10.5. The Hall–Kier alpha value is -6.21. The zero-order valence-corrected chi connectivity index (χ0v) is 43.7. The Kier molecular flexibility index (Phi) is 17.1. The van der Waals surface area contributed by atoms with Crippen molar-refractivity contribution in [3.05, 3.63) is 123 Å². The average molecular weight is 1060 g/mol. The SMILES string of the molecule is CN1CCN(CCCNc2ncc3cc(-c4c(Cl)cccc4Cl)c(N)nc3n2)CC1.CN1CCN(CCCNc2ncc3cc(-c4c(Cl)cccc4Cl)c(NC(=O)Nc4cccc5ccccc45)nc3n2)CC1. The van der Waals surface area contributed by atoms with Gasteiger partial charge in [-0.05, 0) is 87.9 Å². The molecule has 4 aromatic heterocycles. The number of urea groups is 1. The minimum atomic E-state index is -0.455. The highest BCUT2D eigenvalue weighted by Gasteiger charge is 2.20. The van der Waals surface area contributed by atoms with Crippen molar-refractivity contribution in [2.45, 2.75) is 12.8 Å². The zero-order chi connectivity index (χ0) is 50.8. The highest BCUT2D eigenvalue weighted by atomic mass is 35.5. The quantitative estimate of drug-likeness (QED) is 0.0649. The van der Waals surface area contributed by atoms with Crippen molar-refractivity contribution in [3.8, 4) is 22.3 Å². The first kappa shape index (κ1) is 51.7. The third-order valence-corrected chi connectivity index (χ3v) is 14.2. The number of nitrogens with one attached hydrogen (secondary N) is 4. The molecule has 2 amide bonds. The number of likely N-dealkylation sites (N-methyl/N-ethyl adjacent to an activating group) is 2. The minimum Gasteiger partial charge on any atom is -0.383 e. The van der Waals surface area contributed by atoms with Gasteiger partial charge >= 0.3 is 6.03 Å². The molecule has 2 fully saturated rings. The maximum Gasteiger partial charge on any atom is 0.324 e. The maximum absolute atomic E-state index is 13.3. The Morgan fingerprint density at radius 2 is 1.04 bits per heavy atom. The fourth-order valence-electron chi connectivity index (χ4n) is 8.85. The predicted molar refractivity (Wildman–Crippen MR) is 301 cm³/mol. The number of benzene rings is 4. The number of piperazine rings is 2. The summed E-state index contributed by atoms with van der Waals surface area (Å²) in [6, 6.07) is 27.5. The van der Waals surface area contributed by atoms with Gasteiger partial charge in [0.05, 0.1) is 25.8 Å². The van der Waals surface area contributed by atoms with Crippen LogP contribution in [-0.2, 0) is 0 Å². The smallest absolute Gasteiger partial charge is 0.324 e. The minimum absolute atomic E-state index is 0.278. The summed E-state index contributed by atoms with van der Waals surface area (Å²) in [6.45, 7) is 12.6. The molecule has 0 bridgehead atoms. The third kappa shape index (κ3) is 13.1. The number of nitrogen functional groups attached to an aromatic ring is 1. The van der Waals surface area contributed by atoms with Crippen molar-refractivity contribution in [1.29, 1.82) is 0 Å². The van der Waals surface area contributed by atoms with Crippen LogP contribution in [0, 0.1) is 0 Å². The van der Waals surface area contributed by atoms with Gasteiger partial charge in [0, 0.05) is 116 Å². The largest absolute Gasteiger partial charge is 0.383 e. The second-order valence-electron chi connectivity index (χ2n) is 18.2. The first-order valence-corrected chi connectivity index (χ1v) is 25.8. The number of fused-ring (bicyclic) bond motifs is 3. The Labute approximate surface area is 444 Å². The summed E-state index contributed by atoms with van der Waals surface area (Å²) < 4.78 is 0. The van der Waals surface area contributed by atoms with E-state index in [9.17, 15) is 4.79 Å². The average Bonchev–Trinajstić information content (AvgIpc) is 3.38. The molecule has 378 valence electrons. The van der Waals surface area contributed by atoms with Crippen molar-refractivity contribution in [3.63, 3.8) is 0 Å². The topological polar surface area (TPSA) is 182 Å². The molecule has 10 rings (SSSR count). The Balaban J connectivity index is 0.000000192. The van der Waals surface area contributed by atoms with Crippen LogP contribution in [0.5, 0.6) is 0 Å². The van der Waals surface area contributed by atoms with Crippen LogP contribution < -0.4 is 27.0 Å². The van der Waals surface area contributed by atoms with E-state index in [1.807, 2.05) is 54.6 Å². The summed E-state index contributed by atoms with van der Waals surface area (Å²) in [5, 5.41) is 17.8. The summed E-state index contributed by atoms with van der Waals surface area (Å²) in [5.41, 5.74) is 10.3. The van der Waals surface area contributed by atoms with Crippen LogP contribution in [0.1, 0.15) is 12.8 Å². The number of amides is 2. The van der Waals surface area contributed by atoms with E-state index in [4.69, 9.17) is 57.1 Å². The first-order valence-electron chi connectivity index (χ1n) is 24.3. The molecule has 6 heterocycles. The fraction of sp³-hybridized carbons (Fsp3) is 0.302. The Bertz CT molecular complexity index is 3180. The fourth-order valence-corrected chi connectivity index (χ4v) is 10.1. The number of halogens is 4. The van der Waals surface area contributed by atoms with Crippen molar-refractivity contribution in [2.75, 3.05) is 120 Å². The molecule has 6 N–H and O–H groups in total. The number of nitrogens with zero attached hydrogens (tertiary/aromatic N) is 10. The summed E-state index contributed by atoms with van der Waals surface area (Å²) >= 11 is 25.8. The van der Waals surface area contributed by atoms with E-state index in [1.54, 1.807) is 48.8 Å². The number of nitrogens with two attached hydrogens (primary N) is 1. The van der Waals surface area contributed by atoms with Gasteiger partial charge in [0.15, 0.2) is 11.3 Å². The first-order chi connectivity index (χ1) is 35.4. The molecule has 16 nitrogen and oxygen atoms in total. The summed E-state index contributed by atoms with van der Waals surface area (Å²) in [6.07, 6.45) is 5.46. The van der Waals surface area contributed by atoms with Gasteiger partial charge in [0.25, 0.3) is 0 Å². The Morgan fingerprint density at radius 3 is 1.60 bits per heavy atom. The zero-order valence-electron chi connectivity index (χ0n) is 40.7. The van der Waals surface area contributed by atoms with E-state index in [0.29, 0.717) is 82.4 Å². The lowest BCUT2D eigenvalue weighted by molar-refractivity contribution is 0.154. The normalized spacial score (nSPS) is 14.8. The van der Waals surface area contributed by atoms with E-state index in [-0.39, 0.29) is 5.82 Å². The second-order valence-corrected chi connectivity index (χ2v) is 19.8. The second kappa shape index (κ2) is 24.2. The van der Waals surface area contributed by atoms with Crippen LogP contribution in [0.25, 0.3) is 55.1 Å². The van der Waals surface area contributed by atoms with Gasteiger partial charge in [-0.2, -0.15) is 9.97 Å². The number of anilines is 5. The van der Waals surface area contributed by atoms with Gasteiger partial charge in [-0.15, -0.1) is 0 Å². The van der Waals surface area contributed by atoms with Gasteiger partial charge in [0.1, 0.15) is 11.6 Å². The molecule has 0 saturated carbocycles. The molecule has 73 heavy (non-hydrogen) atoms. The lowest BCUT2D eigenvalue weighted by Crippen LogP contribution is -2.44. The van der Waals surface area contributed by atoms with Crippen LogP contribution in [-0.4, -0.2) is 148 Å².